The van der Waals surface area contributed by atoms with Crippen molar-refractivity contribution in [1.29, 1.82) is 0 Å². The van der Waals surface area contributed by atoms with Gasteiger partial charge in [-0.05, 0) is 30.2 Å². The van der Waals surface area contributed by atoms with Crippen LogP contribution in [-0.2, 0) is 20.1 Å². The second-order valence-electron chi connectivity index (χ2n) is 8.86. The Balaban J connectivity index is 1.45. The van der Waals surface area contributed by atoms with Crippen molar-refractivity contribution < 1.29 is 4.39 Å². The summed E-state index contributed by atoms with van der Waals surface area (Å²) < 4.78 is 16.6. The summed E-state index contributed by atoms with van der Waals surface area (Å²) in [6.45, 7) is 6.49. The number of piperazine rings is 1. The van der Waals surface area contributed by atoms with E-state index in [0.29, 0.717) is 23.7 Å². The third kappa shape index (κ3) is 4.26. The first kappa shape index (κ1) is 22.1. The highest BCUT2D eigenvalue weighted by molar-refractivity contribution is 5.74. The first-order chi connectivity index (χ1) is 16.4. The Morgan fingerprint density at radius 2 is 1.53 bits per heavy atom. The fourth-order valence-corrected chi connectivity index (χ4v) is 4.44. The van der Waals surface area contributed by atoms with Gasteiger partial charge in [0.15, 0.2) is 11.2 Å². The molecule has 3 heterocycles. The number of H-pyrrole nitrogens is 1. The third-order valence-electron chi connectivity index (χ3n) is 6.42. The minimum absolute atomic E-state index is 0.315. The lowest BCUT2D eigenvalue weighted by Gasteiger charge is -2.35. The molecule has 0 bridgehead atoms. The number of imidazole rings is 1. The van der Waals surface area contributed by atoms with Crippen LogP contribution in [0, 0.1) is 12.7 Å². The van der Waals surface area contributed by atoms with Crippen LogP contribution in [0.4, 0.5) is 10.3 Å². The van der Waals surface area contributed by atoms with Crippen molar-refractivity contribution in [2.24, 2.45) is 7.05 Å². The van der Waals surface area contributed by atoms with Gasteiger partial charge in [0.2, 0.25) is 5.95 Å². The van der Waals surface area contributed by atoms with Crippen LogP contribution < -0.4 is 16.1 Å². The first-order valence-electron chi connectivity index (χ1n) is 11.4. The summed E-state index contributed by atoms with van der Waals surface area (Å²) in [5.41, 5.74) is 3.07. The topological polar surface area (TPSA) is 79.2 Å². The molecule has 2 aromatic heterocycles. The van der Waals surface area contributed by atoms with Gasteiger partial charge in [-0.3, -0.25) is 23.8 Å². The van der Waals surface area contributed by atoms with E-state index in [1.165, 1.54) is 27.8 Å². The molecular formula is C25H27FN6O2. The number of nitrogens with one attached hydrogen (secondary N) is 1. The average Bonchev–Trinajstić information content (AvgIpc) is 3.21. The van der Waals surface area contributed by atoms with E-state index in [9.17, 15) is 14.0 Å². The molecule has 0 radical (unpaired) electrons. The first-order valence-corrected chi connectivity index (χ1v) is 11.4. The van der Waals surface area contributed by atoms with Crippen molar-refractivity contribution in [3.8, 4) is 0 Å². The summed E-state index contributed by atoms with van der Waals surface area (Å²) in [7, 11) is 1.60. The molecule has 9 heteroatoms. The van der Waals surface area contributed by atoms with E-state index in [2.05, 4.69) is 46.0 Å². The van der Waals surface area contributed by atoms with Crippen LogP contribution in [0.3, 0.4) is 0 Å². The molecule has 1 aliphatic heterocycles. The van der Waals surface area contributed by atoms with Gasteiger partial charge in [-0.25, -0.2) is 9.18 Å². The van der Waals surface area contributed by atoms with Crippen LogP contribution in [0.15, 0.2) is 58.1 Å². The minimum atomic E-state index is -0.501. The molecule has 1 saturated heterocycles. The molecule has 1 N–H and O–H groups in total. The van der Waals surface area contributed by atoms with Crippen molar-refractivity contribution in [1.82, 2.24) is 24.0 Å². The normalized spacial score (nSPS) is 14.7. The number of anilines is 1. The van der Waals surface area contributed by atoms with Crippen LogP contribution in [0.1, 0.15) is 16.7 Å². The summed E-state index contributed by atoms with van der Waals surface area (Å²) >= 11 is 0. The van der Waals surface area contributed by atoms with Crippen molar-refractivity contribution >= 4 is 17.1 Å². The molecule has 5 rings (SSSR count). The van der Waals surface area contributed by atoms with Gasteiger partial charge >= 0.3 is 5.69 Å². The minimum Gasteiger partial charge on any atom is -0.340 e. The van der Waals surface area contributed by atoms with E-state index >= 15 is 0 Å². The van der Waals surface area contributed by atoms with Crippen molar-refractivity contribution in [2.45, 2.75) is 20.0 Å². The highest BCUT2D eigenvalue weighted by atomic mass is 19.1. The number of aromatic nitrogens is 4. The van der Waals surface area contributed by atoms with Crippen LogP contribution in [0.25, 0.3) is 11.2 Å². The maximum atomic E-state index is 13.4. The number of halogens is 1. The van der Waals surface area contributed by atoms with E-state index in [0.717, 1.165) is 38.3 Å². The zero-order valence-electron chi connectivity index (χ0n) is 19.3. The lowest BCUT2D eigenvalue weighted by molar-refractivity contribution is 0.248. The quantitative estimate of drug-likeness (QED) is 0.492. The largest absolute Gasteiger partial charge is 0.340 e. The van der Waals surface area contributed by atoms with Crippen LogP contribution in [0.5, 0.6) is 0 Å². The molecule has 4 aromatic rings. The molecule has 1 aliphatic rings. The fourth-order valence-electron chi connectivity index (χ4n) is 4.44. The predicted molar refractivity (Wildman–Crippen MR) is 130 cm³/mol. The average molecular weight is 463 g/mol. The Hall–Kier alpha value is -3.72. The Morgan fingerprint density at radius 1 is 0.912 bits per heavy atom. The monoisotopic (exact) mass is 462 g/mol. The standard InChI is InChI=1S/C25H27FN6O2/c1-17-3-5-18(6-4-17)15-30-11-13-31(14-12-30)24-27-22-21(23(33)28-25(34)29(22)2)32(24)16-19-7-9-20(26)10-8-19/h3-10H,11-16H2,1-2H3,(H,28,33,34). The van der Waals surface area contributed by atoms with E-state index in [4.69, 9.17) is 4.98 Å². The molecule has 176 valence electrons. The van der Waals surface area contributed by atoms with E-state index in [-0.39, 0.29) is 5.82 Å². The zero-order chi connectivity index (χ0) is 23.8. The second kappa shape index (κ2) is 8.90. The zero-order valence-corrected chi connectivity index (χ0v) is 19.3. The van der Waals surface area contributed by atoms with Crippen LogP contribution >= 0.6 is 0 Å². The molecule has 0 aliphatic carbocycles. The number of hydrogen-bond donors (Lipinski definition) is 1. The van der Waals surface area contributed by atoms with Crippen LogP contribution in [0.2, 0.25) is 0 Å². The molecule has 0 amide bonds. The second-order valence-corrected chi connectivity index (χ2v) is 8.86. The smallest absolute Gasteiger partial charge is 0.329 e. The summed E-state index contributed by atoms with van der Waals surface area (Å²) in [5.74, 6) is 0.324. The van der Waals surface area contributed by atoms with Gasteiger partial charge in [0.05, 0.1) is 6.54 Å². The van der Waals surface area contributed by atoms with Gasteiger partial charge in [-0.2, -0.15) is 4.98 Å². The predicted octanol–water partition coefficient (Wildman–Crippen LogP) is 2.24. The maximum absolute atomic E-state index is 13.4. The highest BCUT2D eigenvalue weighted by Gasteiger charge is 2.25. The van der Waals surface area contributed by atoms with Crippen molar-refractivity contribution in [3.05, 3.63) is 91.9 Å². The molecule has 34 heavy (non-hydrogen) atoms. The number of aromatic amines is 1. The Morgan fingerprint density at radius 3 is 2.21 bits per heavy atom. The molecule has 0 spiro atoms. The molecule has 0 saturated carbocycles. The van der Waals surface area contributed by atoms with E-state index < -0.39 is 11.2 Å². The summed E-state index contributed by atoms with van der Waals surface area (Å²) in [5, 5.41) is 0. The number of benzene rings is 2. The Labute approximate surface area is 195 Å². The molecule has 0 unspecified atom stereocenters. The summed E-state index contributed by atoms with van der Waals surface area (Å²) in [4.78, 5) is 36.6. The Kier molecular flexibility index (Phi) is 5.79. The van der Waals surface area contributed by atoms with Crippen LogP contribution in [-0.4, -0.2) is 50.2 Å². The number of rotatable bonds is 5. The number of fused-ring (bicyclic) bond motifs is 1. The van der Waals surface area contributed by atoms with E-state index in [1.54, 1.807) is 19.2 Å². The van der Waals surface area contributed by atoms with Gasteiger partial charge in [0.1, 0.15) is 5.82 Å². The van der Waals surface area contributed by atoms with Crippen molar-refractivity contribution in [3.63, 3.8) is 0 Å². The van der Waals surface area contributed by atoms with E-state index in [1.807, 2.05) is 4.57 Å². The fraction of sp³-hybridized carbons (Fsp3) is 0.320. The SMILES string of the molecule is Cc1ccc(CN2CCN(c3nc4c(c(=O)[nH]c(=O)n4C)n3Cc3ccc(F)cc3)CC2)cc1. The molecule has 8 nitrogen and oxygen atoms in total. The molecule has 1 fully saturated rings. The molecular weight excluding hydrogens is 435 g/mol. The van der Waals surface area contributed by atoms with Gasteiger partial charge in [-0.1, -0.05) is 42.0 Å². The number of nitrogens with zero attached hydrogens (tertiary/aromatic N) is 5. The maximum Gasteiger partial charge on any atom is 0.329 e. The Bertz CT molecular complexity index is 1430. The van der Waals surface area contributed by atoms with Gasteiger partial charge in [0.25, 0.3) is 5.56 Å². The molecule has 0 atom stereocenters. The summed E-state index contributed by atoms with van der Waals surface area (Å²) in [6, 6.07) is 14.8. The van der Waals surface area contributed by atoms with Gasteiger partial charge in [-0.15, -0.1) is 0 Å². The summed E-state index contributed by atoms with van der Waals surface area (Å²) in [6.07, 6.45) is 0. The number of aryl methyl sites for hydroxylation is 2. The van der Waals surface area contributed by atoms with Crippen molar-refractivity contribution in [2.75, 3.05) is 31.1 Å². The number of hydrogen-bond acceptors (Lipinski definition) is 5. The van der Waals surface area contributed by atoms with Gasteiger partial charge < -0.3 is 4.90 Å². The molecule has 2 aromatic carbocycles. The lowest BCUT2D eigenvalue weighted by Crippen LogP contribution is -2.46. The third-order valence-corrected chi connectivity index (χ3v) is 6.42. The highest BCUT2D eigenvalue weighted by Crippen LogP contribution is 2.23. The van der Waals surface area contributed by atoms with Gasteiger partial charge in [0, 0.05) is 39.8 Å². The lowest BCUT2D eigenvalue weighted by atomic mass is 10.1.